The summed E-state index contributed by atoms with van der Waals surface area (Å²) in [6, 6.07) is 7.74. The van der Waals surface area contributed by atoms with Gasteiger partial charge in [-0.3, -0.25) is 4.98 Å². The van der Waals surface area contributed by atoms with Gasteiger partial charge < -0.3 is 10.6 Å². The maximum Gasteiger partial charge on any atom is 0.227 e. The molecule has 0 aliphatic heterocycles. The second-order valence-electron chi connectivity index (χ2n) is 6.66. The second kappa shape index (κ2) is 8.15. The van der Waals surface area contributed by atoms with Crippen LogP contribution in [0.4, 0.5) is 11.6 Å². The molecule has 0 spiro atoms. The minimum absolute atomic E-state index is 0.155. The van der Waals surface area contributed by atoms with Crippen molar-refractivity contribution >= 4 is 22.9 Å². The zero-order valence-electron chi connectivity index (χ0n) is 16.5. The summed E-state index contributed by atoms with van der Waals surface area (Å²) in [6.07, 6.45) is 11.1. The first kappa shape index (κ1) is 18.7. The Kier molecular flexibility index (Phi) is 5.26. The Bertz CT molecular complexity index is 1150. The molecule has 4 heterocycles. The van der Waals surface area contributed by atoms with Crippen LogP contribution in [0, 0.1) is 6.92 Å². The summed E-state index contributed by atoms with van der Waals surface area (Å²) in [5.41, 5.74) is 5.30. The molecule has 0 saturated carbocycles. The van der Waals surface area contributed by atoms with Crippen molar-refractivity contribution < 1.29 is 0 Å². The second-order valence-corrected chi connectivity index (χ2v) is 6.66. The number of fused-ring (bicyclic) bond motifs is 1. The van der Waals surface area contributed by atoms with Crippen LogP contribution in [0.25, 0.3) is 11.2 Å². The summed E-state index contributed by atoms with van der Waals surface area (Å²) in [4.78, 5) is 17.9. The minimum Gasteiger partial charge on any atom is -0.324 e. The number of likely N-dealkylation sites (N-methyl/N-ethyl adjacent to an activating group) is 1. The Morgan fingerprint density at radius 3 is 2.69 bits per heavy atom. The largest absolute Gasteiger partial charge is 0.324 e. The van der Waals surface area contributed by atoms with Gasteiger partial charge in [0.15, 0.2) is 5.65 Å². The van der Waals surface area contributed by atoms with Crippen LogP contribution in [0.3, 0.4) is 0 Å². The molecule has 146 valence electrons. The third kappa shape index (κ3) is 4.12. The highest BCUT2D eigenvalue weighted by molar-refractivity contribution is 5.80. The lowest BCUT2D eigenvalue weighted by atomic mass is 10.0. The molecule has 2 N–H and O–H groups in total. The molecule has 0 bridgehead atoms. The van der Waals surface area contributed by atoms with Crippen molar-refractivity contribution in [2.45, 2.75) is 19.9 Å². The van der Waals surface area contributed by atoms with Gasteiger partial charge in [-0.05, 0) is 39.1 Å². The van der Waals surface area contributed by atoms with Crippen molar-refractivity contribution in [1.82, 2.24) is 34.9 Å². The molecule has 0 unspecified atom stereocenters. The Morgan fingerprint density at radius 1 is 1.10 bits per heavy atom. The fourth-order valence-electron chi connectivity index (χ4n) is 2.97. The van der Waals surface area contributed by atoms with Crippen LogP contribution in [0.5, 0.6) is 0 Å². The first-order valence-corrected chi connectivity index (χ1v) is 9.35. The first-order chi connectivity index (χ1) is 14.1. The van der Waals surface area contributed by atoms with Crippen molar-refractivity contribution in [3.8, 4) is 0 Å². The van der Waals surface area contributed by atoms with Crippen LogP contribution in [0.2, 0.25) is 0 Å². The van der Waals surface area contributed by atoms with E-state index >= 15 is 0 Å². The van der Waals surface area contributed by atoms with Crippen molar-refractivity contribution in [2.75, 3.05) is 12.4 Å². The number of rotatable bonds is 6. The lowest BCUT2D eigenvalue weighted by Gasteiger charge is -2.14. The van der Waals surface area contributed by atoms with Crippen LogP contribution < -0.4 is 10.6 Å². The summed E-state index contributed by atoms with van der Waals surface area (Å²) in [5, 5.41) is 10.7. The van der Waals surface area contributed by atoms with Gasteiger partial charge in [0.2, 0.25) is 5.95 Å². The van der Waals surface area contributed by atoms with E-state index in [1.165, 1.54) is 0 Å². The molecule has 8 heteroatoms. The number of hydrogen-bond acceptors (Lipinski definition) is 7. The van der Waals surface area contributed by atoms with Gasteiger partial charge >= 0.3 is 0 Å². The highest BCUT2D eigenvalue weighted by Gasteiger charge is 2.14. The molecule has 4 rings (SSSR count). The highest BCUT2D eigenvalue weighted by Crippen LogP contribution is 2.26. The van der Waals surface area contributed by atoms with E-state index in [1.807, 2.05) is 50.6 Å². The molecule has 0 aliphatic carbocycles. The van der Waals surface area contributed by atoms with E-state index in [-0.39, 0.29) is 6.04 Å². The van der Waals surface area contributed by atoms with Gasteiger partial charge in [0, 0.05) is 53.7 Å². The number of nitrogens with zero attached hydrogens (tertiary/aromatic N) is 6. The lowest BCUT2D eigenvalue weighted by Crippen LogP contribution is -2.19. The van der Waals surface area contributed by atoms with Crippen molar-refractivity contribution in [1.29, 1.82) is 0 Å². The molecule has 0 saturated heterocycles. The van der Waals surface area contributed by atoms with Crippen LogP contribution in [0.15, 0.2) is 61.3 Å². The fourth-order valence-corrected chi connectivity index (χ4v) is 2.97. The van der Waals surface area contributed by atoms with Gasteiger partial charge in [-0.25, -0.2) is 19.5 Å². The molecular weight excluding hydrogens is 364 g/mol. The van der Waals surface area contributed by atoms with Gasteiger partial charge in [-0.15, -0.1) is 0 Å². The van der Waals surface area contributed by atoms with Gasteiger partial charge in [0.05, 0.1) is 17.6 Å². The standard InChI is InChI=1S/C21H22N8/c1-14(22-3)12-17(19-7-11-29-20(28-19)6-10-25-29)18-13-24-21(26-15(18)2)27-16-4-8-23-9-5-16/h4-14,22H,1-3H3,(H,23,24,26,27)/b17-12+/t14-/m1/s1. The Morgan fingerprint density at radius 2 is 1.93 bits per heavy atom. The topological polar surface area (TPSA) is 92.9 Å². The fraction of sp³-hybridized carbons (Fsp3) is 0.190. The van der Waals surface area contributed by atoms with E-state index in [0.717, 1.165) is 33.9 Å². The zero-order chi connectivity index (χ0) is 20.2. The summed E-state index contributed by atoms with van der Waals surface area (Å²) < 4.78 is 1.74. The average Bonchev–Trinajstić information content (AvgIpc) is 3.21. The molecule has 0 aromatic carbocycles. The van der Waals surface area contributed by atoms with Crippen molar-refractivity contribution in [3.05, 3.63) is 78.3 Å². The number of anilines is 2. The maximum atomic E-state index is 4.76. The van der Waals surface area contributed by atoms with Crippen LogP contribution >= 0.6 is 0 Å². The molecule has 0 radical (unpaired) electrons. The predicted molar refractivity (Wildman–Crippen MR) is 113 cm³/mol. The number of nitrogens with one attached hydrogen (secondary N) is 2. The molecule has 0 amide bonds. The maximum absolute atomic E-state index is 4.76. The number of aryl methyl sites for hydroxylation is 1. The van der Waals surface area contributed by atoms with E-state index in [0.29, 0.717) is 5.95 Å². The van der Waals surface area contributed by atoms with Crippen LogP contribution in [-0.2, 0) is 0 Å². The lowest BCUT2D eigenvalue weighted by molar-refractivity contribution is 0.730. The van der Waals surface area contributed by atoms with Crippen LogP contribution in [0.1, 0.15) is 23.9 Å². The predicted octanol–water partition coefficient (Wildman–Crippen LogP) is 3.01. The molecule has 4 aromatic heterocycles. The van der Waals surface area contributed by atoms with E-state index in [2.05, 4.69) is 43.7 Å². The third-order valence-electron chi connectivity index (χ3n) is 4.61. The summed E-state index contributed by atoms with van der Waals surface area (Å²) >= 11 is 0. The number of aromatic nitrogens is 6. The third-order valence-corrected chi connectivity index (χ3v) is 4.61. The van der Waals surface area contributed by atoms with E-state index in [9.17, 15) is 0 Å². The van der Waals surface area contributed by atoms with E-state index in [4.69, 9.17) is 4.98 Å². The van der Waals surface area contributed by atoms with E-state index < -0.39 is 0 Å². The quantitative estimate of drug-likeness (QED) is 0.526. The molecule has 4 aromatic rings. The Hall–Kier alpha value is -3.65. The summed E-state index contributed by atoms with van der Waals surface area (Å²) in [7, 11) is 1.93. The monoisotopic (exact) mass is 386 g/mol. The Balaban J connectivity index is 1.73. The minimum atomic E-state index is 0.155. The molecule has 29 heavy (non-hydrogen) atoms. The molecular formula is C21H22N8. The zero-order valence-corrected chi connectivity index (χ0v) is 16.5. The summed E-state index contributed by atoms with van der Waals surface area (Å²) in [6.45, 7) is 4.07. The highest BCUT2D eigenvalue weighted by atomic mass is 15.2. The molecule has 0 aliphatic rings. The molecule has 8 nitrogen and oxygen atoms in total. The smallest absolute Gasteiger partial charge is 0.227 e. The van der Waals surface area contributed by atoms with Crippen LogP contribution in [-0.4, -0.2) is 42.6 Å². The van der Waals surface area contributed by atoms with Gasteiger partial charge in [-0.2, -0.15) is 5.10 Å². The number of hydrogen-bond donors (Lipinski definition) is 2. The SMILES string of the molecule is CN[C@H](C)/C=C(/c1ccn2nccc2n1)c1cnc(Nc2ccncc2)nc1C. The average molecular weight is 386 g/mol. The normalized spacial score (nSPS) is 12.9. The van der Waals surface area contributed by atoms with Crippen molar-refractivity contribution in [3.63, 3.8) is 0 Å². The Labute approximate surface area is 168 Å². The van der Waals surface area contributed by atoms with Gasteiger partial charge in [0.1, 0.15) is 0 Å². The molecule has 1 atom stereocenters. The summed E-state index contributed by atoms with van der Waals surface area (Å²) in [5.74, 6) is 0.540. The first-order valence-electron chi connectivity index (χ1n) is 9.35. The number of pyridine rings is 1. The van der Waals surface area contributed by atoms with Gasteiger partial charge in [0.25, 0.3) is 0 Å². The van der Waals surface area contributed by atoms with Gasteiger partial charge in [-0.1, -0.05) is 6.08 Å². The van der Waals surface area contributed by atoms with E-state index in [1.54, 1.807) is 23.1 Å². The molecule has 0 fully saturated rings. The van der Waals surface area contributed by atoms with Crippen molar-refractivity contribution in [2.24, 2.45) is 0 Å².